The Morgan fingerprint density at radius 3 is 2.85 bits per heavy atom. The van der Waals surface area contributed by atoms with E-state index in [4.69, 9.17) is 0 Å². The van der Waals surface area contributed by atoms with Crippen molar-refractivity contribution in [1.82, 2.24) is 30.2 Å². The number of likely N-dealkylation sites (N-methyl/N-ethyl adjacent to an activating group) is 1. The first-order chi connectivity index (χ1) is 12.4. The predicted molar refractivity (Wildman–Crippen MR) is 96.2 cm³/mol. The maximum atomic E-state index is 12.1. The molecule has 4 atom stereocenters. The third-order valence-electron chi connectivity index (χ3n) is 4.66. The van der Waals surface area contributed by atoms with Crippen LogP contribution in [0.3, 0.4) is 0 Å². The summed E-state index contributed by atoms with van der Waals surface area (Å²) in [5, 5.41) is 34.6. The molecule has 2 aromatic rings. The number of carbonyl (C=O) groups is 1. The van der Waals surface area contributed by atoms with Gasteiger partial charge in [-0.2, -0.15) is 0 Å². The SMILES string of the molecule is CNC(=O)[C@@H]1C[C@@H](O)CN1C(O)C(C(C)C)n1cc(-c2nccs2)nn1. The van der Waals surface area contributed by atoms with E-state index in [1.54, 1.807) is 29.0 Å². The average Bonchev–Trinajstić information content (AvgIpc) is 3.33. The summed E-state index contributed by atoms with van der Waals surface area (Å²) in [6.07, 6.45) is 2.12. The molecule has 26 heavy (non-hydrogen) atoms. The quantitative estimate of drug-likeness (QED) is 0.651. The van der Waals surface area contributed by atoms with Crippen molar-refractivity contribution in [2.75, 3.05) is 13.6 Å². The Bertz CT molecular complexity index is 734. The molecule has 0 bridgehead atoms. The molecule has 142 valence electrons. The summed E-state index contributed by atoms with van der Waals surface area (Å²) < 4.78 is 1.62. The molecule has 2 aromatic heterocycles. The molecule has 0 radical (unpaired) electrons. The number of thiazole rings is 1. The van der Waals surface area contributed by atoms with Gasteiger partial charge in [0, 0.05) is 25.2 Å². The third-order valence-corrected chi connectivity index (χ3v) is 5.46. The minimum atomic E-state index is -0.986. The van der Waals surface area contributed by atoms with E-state index in [2.05, 4.69) is 20.6 Å². The maximum absolute atomic E-state index is 12.1. The van der Waals surface area contributed by atoms with E-state index in [9.17, 15) is 15.0 Å². The normalized spacial score (nSPS) is 23.3. The van der Waals surface area contributed by atoms with Crippen LogP contribution in [0.1, 0.15) is 26.3 Å². The summed E-state index contributed by atoms with van der Waals surface area (Å²) in [6.45, 7) is 4.18. The van der Waals surface area contributed by atoms with E-state index < -0.39 is 24.4 Å². The molecule has 3 rings (SSSR count). The van der Waals surface area contributed by atoms with Gasteiger partial charge >= 0.3 is 0 Å². The van der Waals surface area contributed by atoms with Crippen LogP contribution in [0.25, 0.3) is 10.7 Å². The Morgan fingerprint density at radius 2 is 2.23 bits per heavy atom. The number of aliphatic hydroxyl groups is 2. The second-order valence-electron chi connectivity index (χ2n) is 6.79. The summed E-state index contributed by atoms with van der Waals surface area (Å²) in [7, 11) is 1.55. The van der Waals surface area contributed by atoms with E-state index >= 15 is 0 Å². The highest BCUT2D eigenvalue weighted by Gasteiger charge is 2.43. The Kier molecular flexibility index (Phi) is 5.66. The molecule has 2 unspecified atom stereocenters. The van der Waals surface area contributed by atoms with Crippen LogP contribution in [-0.2, 0) is 4.79 Å². The van der Waals surface area contributed by atoms with Gasteiger partial charge in [0.2, 0.25) is 5.91 Å². The number of hydrogen-bond acceptors (Lipinski definition) is 8. The Labute approximate surface area is 155 Å². The number of aromatic nitrogens is 4. The van der Waals surface area contributed by atoms with Crippen LogP contribution in [-0.4, -0.2) is 73.0 Å². The van der Waals surface area contributed by atoms with Gasteiger partial charge < -0.3 is 15.5 Å². The lowest BCUT2D eigenvalue weighted by Gasteiger charge is -2.35. The van der Waals surface area contributed by atoms with Crippen molar-refractivity contribution < 1.29 is 15.0 Å². The van der Waals surface area contributed by atoms with Crippen LogP contribution in [0.5, 0.6) is 0 Å². The number of carbonyl (C=O) groups excluding carboxylic acids is 1. The molecule has 1 fully saturated rings. The van der Waals surface area contributed by atoms with Crippen molar-refractivity contribution in [3.63, 3.8) is 0 Å². The number of amides is 1. The fourth-order valence-electron chi connectivity index (χ4n) is 3.41. The van der Waals surface area contributed by atoms with E-state index in [1.807, 2.05) is 19.2 Å². The summed E-state index contributed by atoms with van der Waals surface area (Å²) >= 11 is 1.46. The first-order valence-electron chi connectivity index (χ1n) is 8.57. The highest BCUT2D eigenvalue weighted by molar-refractivity contribution is 7.13. The predicted octanol–water partition coefficient (Wildman–Crippen LogP) is 0.0983. The van der Waals surface area contributed by atoms with Gasteiger partial charge in [0.15, 0.2) is 0 Å². The number of aliphatic hydroxyl groups excluding tert-OH is 2. The molecule has 3 N–H and O–H groups in total. The molecule has 1 saturated heterocycles. The molecule has 1 amide bonds. The van der Waals surface area contributed by atoms with Crippen molar-refractivity contribution in [2.45, 2.75) is 44.7 Å². The number of hydrogen-bond donors (Lipinski definition) is 3. The van der Waals surface area contributed by atoms with E-state index in [1.165, 1.54) is 11.3 Å². The van der Waals surface area contributed by atoms with Crippen molar-refractivity contribution in [3.05, 3.63) is 17.8 Å². The van der Waals surface area contributed by atoms with E-state index in [0.717, 1.165) is 5.01 Å². The topological polar surface area (TPSA) is 116 Å². The minimum absolute atomic E-state index is 0.0268. The van der Waals surface area contributed by atoms with E-state index in [0.29, 0.717) is 12.1 Å². The lowest BCUT2D eigenvalue weighted by molar-refractivity contribution is -0.131. The summed E-state index contributed by atoms with van der Waals surface area (Å²) in [5.41, 5.74) is 0.641. The molecule has 9 nitrogen and oxygen atoms in total. The molecule has 3 heterocycles. The van der Waals surface area contributed by atoms with E-state index in [-0.39, 0.29) is 18.4 Å². The first kappa shape index (κ1) is 18.9. The summed E-state index contributed by atoms with van der Waals surface area (Å²) in [6, 6.07) is -0.998. The second-order valence-corrected chi connectivity index (χ2v) is 7.68. The molecule has 1 aliphatic heterocycles. The lowest BCUT2D eigenvalue weighted by atomic mass is 10.0. The Balaban J connectivity index is 1.86. The third kappa shape index (κ3) is 3.63. The standard InChI is InChI=1S/C16H24N6O3S/c1-9(2)13(22-8-11(19-20-22)15-18-4-5-26-15)16(25)21-7-10(23)6-12(21)14(24)17-3/h4-5,8-10,12-13,16,23,25H,6-7H2,1-3H3,(H,17,24)/t10-,12+,13?,16?/m1/s1. The largest absolute Gasteiger partial charge is 0.392 e. The molecular formula is C16H24N6O3S. The monoisotopic (exact) mass is 380 g/mol. The molecule has 0 spiro atoms. The Morgan fingerprint density at radius 1 is 1.46 bits per heavy atom. The van der Waals surface area contributed by atoms with Crippen LogP contribution < -0.4 is 5.32 Å². The zero-order valence-corrected chi connectivity index (χ0v) is 15.8. The van der Waals surface area contributed by atoms with Gasteiger partial charge in [0.1, 0.15) is 16.9 Å². The molecule has 1 aliphatic rings. The van der Waals surface area contributed by atoms with Crippen LogP contribution in [0.2, 0.25) is 0 Å². The van der Waals surface area contributed by atoms with Gasteiger partial charge in [0.05, 0.1) is 24.4 Å². The molecular weight excluding hydrogens is 356 g/mol. The molecule has 0 aliphatic carbocycles. The fraction of sp³-hybridized carbons (Fsp3) is 0.625. The van der Waals surface area contributed by atoms with Crippen molar-refractivity contribution in [2.24, 2.45) is 5.92 Å². The van der Waals surface area contributed by atoms with Gasteiger partial charge in [-0.15, -0.1) is 16.4 Å². The number of likely N-dealkylation sites (tertiary alicyclic amines) is 1. The van der Waals surface area contributed by atoms with Gasteiger partial charge in [-0.25, -0.2) is 9.67 Å². The Hall–Kier alpha value is -1.88. The van der Waals surface area contributed by atoms with Gasteiger partial charge in [-0.3, -0.25) is 9.69 Å². The van der Waals surface area contributed by atoms with Gasteiger partial charge in [0.25, 0.3) is 0 Å². The van der Waals surface area contributed by atoms with Crippen LogP contribution in [0.15, 0.2) is 17.8 Å². The van der Waals surface area contributed by atoms with Gasteiger partial charge in [-0.1, -0.05) is 19.1 Å². The smallest absolute Gasteiger partial charge is 0.237 e. The highest BCUT2D eigenvalue weighted by atomic mass is 32.1. The fourth-order valence-corrected chi connectivity index (χ4v) is 3.99. The second kappa shape index (κ2) is 7.78. The molecule has 10 heteroatoms. The minimum Gasteiger partial charge on any atom is -0.392 e. The number of rotatable bonds is 6. The number of β-amino-alcohol motifs (C(OH)–C–C–N with tert-alkyl or cyclic N) is 1. The average molecular weight is 380 g/mol. The summed E-state index contributed by atoms with van der Waals surface area (Å²) in [4.78, 5) is 18.0. The molecule has 0 aromatic carbocycles. The first-order valence-corrected chi connectivity index (χ1v) is 9.45. The van der Waals surface area contributed by atoms with Crippen LogP contribution in [0.4, 0.5) is 0 Å². The number of nitrogens with one attached hydrogen (secondary N) is 1. The zero-order chi connectivity index (χ0) is 18.8. The zero-order valence-electron chi connectivity index (χ0n) is 15.0. The number of nitrogens with zero attached hydrogens (tertiary/aromatic N) is 5. The van der Waals surface area contributed by atoms with Gasteiger partial charge in [-0.05, 0) is 12.3 Å². The van der Waals surface area contributed by atoms with Crippen molar-refractivity contribution in [1.29, 1.82) is 0 Å². The lowest BCUT2D eigenvalue weighted by Crippen LogP contribution is -2.51. The van der Waals surface area contributed by atoms with Crippen LogP contribution in [0, 0.1) is 5.92 Å². The molecule has 0 saturated carbocycles. The summed E-state index contributed by atoms with van der Waals surface area (Å²) in [5.74, 6) is -0.191. The van der Waals surface area contributed by atoms with Crippen molar-refractivity contribution >= 4 is 17.2 Å². The van der Waals surface area contributed by atoms with Crippen LogP contribution >= 0.6 is 11.3 Å². The maximum Gasteiger partial charge on any atom is 0.237 e. The highest BCUT2D eigenvalue weighted by Crippen LogP contribution is 2.30. The van der Waals surface area contributed by atoms with Crippen molar-refractivity contribution in [3.8, 4) is 10.7 Å².